The van der Waals surface area contributed by atoms with Crippen molar-refractivity contribution in [2.45, 2.75) is 13.5 Å². The Balaban J connectivity index is 1.48. The highest BCUT2D eigenvalue weighted by Gasteiger charge is 2.05. The minimum atomic E-state index is -0.349. The van der Waals surface area contributed by atoms with E-state index in [1.807, 2.05) is 67.6 Å². The highest BCUT2D eigenvalue weighted by Crippen LogP contribution is 2.10. The zero-order valence-corrected chi connectivity index (χ0v) is 15.4. The lowest BCUT2D eigenvalue weighted by atomic mass is 10.2. The molecule has 142 valence electrons. The van der Waals surface area contributed by atoms with Crippen molar-refractivity contribution >= 4 is 24.3 Å². The van der Waals surface area contributed by atoms with Crippen LogP contribution >= 0.6 is 0 Å². The van der Waals surface area contributed by atoms with Crippen molar-refractivity contribution in [2.24, 2.45) is 5.10 Å². The highest BCUT2D eigenvalue weighted by atomic mass is 16.5. The predicted octanol–water partition coefficient (Wildman–Crippen LogP) is 2.39. The standard InChI is InChI=1S/C20H20N6O2/c1-2-28-18-11-8-17(9-12-18)14-21-23-20(27)15-26-24-19(22-25-26)13-10-16-6-4-3-5-7-16/h3-14H,2,15H2,1H3,(H,23,27)/b13-10+,21-14+. The van der Waals surface area contributed by atoms with Gasteiger partial charge in [0, 0.05) is 0 Å². The van der Waals surface area contributed by atoms with E-state index in [0.29, 0.717) is 12.4 Å². The molecule has 1 heterocycles. The topological polar surface area (TPSA) is 94.3 Å². The van der Waals surface area contributed by atoms with E-state index >= 15 is 0 Å². The summed E-state index contributed by atoms with van der Waals surface area (Å²) in [5, 5.41) is 15.8. The van der Waals surface area contributed by atoms with E-state index in [0.717, 1.165) is 16.9 Å². The number of tetrazole rings is 1. The third kappa shape index (κ3) is 5.87. The second-order valence-corrected chi connectivity index (χ2v) is 5.72. The Hall–Kier alpha value is -3.81. The first-order chi connectivity index (χ1) is 13.7. The van der Waals surface area contributed by atoms with Crippen LogP contribution in [0.3, 0.4) is 0 Å². The van der Waals surface area contributed by atoms with Crippen molar-refractivity contribution in [3.63, 3.8) is 0 Å². The van der Waals surface area contributed by atoms with Crippen molar-refractivity contribution in [1.82, 2.24) is 25.6 Å². The summed E-state index contributed by atoms with van der Waals surface area (Å²) in [6.07, 6.45) is 5.17. The molecule has 8 heteroatoms. The molecule has 0 fully saturated rings. The van der Waals surface area contributed by atoms with Crippen LogP contribution in [0.4, 0.5) is 0 Å². The van der Waals surface area contributed by atoms with E-state index in [1.165, 1.54) is 4.80 Å². The number of hydrogen-bond acceptors (Lipinski definition) is 6. The SMILES string of the molecule is CCOc1ccc(/C=N/NC(=O)Cn2nnc(/C=C/c3ccccc3)n2)cc1. The fourth-order valence-electron chi connectivity index (χ4n) is 2.28. The smallest absolute Gasteiger partial charge is 0.263 e. The fraction of sp³-hybridized carbons (Fsp3) is 0.150. The van der Waals surface area contributed by atoms with Gasteiger partial charge >= 0.3 is 0 Å². The number of carbonyl (C=O) groups excluding carboxylic acids is 1. The first kappa shape index (κ1) is 19.0. The molecule has 0 aliphatic carbocycles. The quantitative estimate of drug-likeness (QED) is 0.481. The summed E-state index contributed by atoms with van der Waals surface area (Å²) in [5.41, 5.74) is 4.31. The highest BCUT2D eigenvalue weighted by molar-refractivity contribution is 5.82. The monoisotopic (exact) mass is 376 g/mol. The average molecular weight is 376 g/mol. The molecule has 0 saturated heterocycles. The van der Waals surface area contributed by atoms with Gasteiger partial charge in [-0.1, -0.05) is 36.4 Å². The number of aromatic nitrogens is 4. The maximum Gasteiger partial charge on any atom is 0.263 e. The molecule has 1 amide bonds. The molecule has 3 aromatic rings. The summed E-state index contributed by atoms with van der Waals surface area (Å²) in [6.45, 7) is 2.47. The van der Waals surface area contributed by atoms with Crippen LogP contribution < -0.4 is 10.2 Å². The Morgan fingerprint density at radius 2 is 1.89 bits per heavy atom. The zero-order valence-electron chi connectivity index (χ0n) is 15.4. The van der Waals surface area contributed by atoms with Gasteiger partial charge in [0.25, 0.3) is 5.91 Å². The second-order valence-electron chi connectivity index (χ2n) is 5.72. The Bertz CT molecular complexity index is 948. The fourth-order valence-corrected chi connectivity index (χ4v) is 2.28. The van der Waals surface area contributed by atoms with Gasteiger partial charge in [-0.2, -0.15) is 9.90 Å². The molecule has 28 heavy (non-hydrogen) atoms. The molecule has 0 saturated carbocycles. The van der Waals surface area contributed by atoms with Gasteiger partial charge in [0.2, 0.25) is 0 Å². The van der Waals surface area contributed by atoms with Crippen molar-refractivity contribution in [3.05, 3.63) is 71.5 Å². The van der Waals surface area contributed by atoms with Crippen molar-refractivity contribution in [3.8, 4) is 5.75 Å². The summed E-state index contributed by atoms with van der Waals surface area (Å²) in [5.74, 6) is 0.866. The number of nitrogens with one attached hydrogen (secondary N) is 1. The van der Waals surface area contributed by atoms with Gasteiger partial charge in [-0.15, -0.1) is 10.2 Å². The third-order valence-electron chi connectivity index (χ3n) is 3.57. The Morgan fingerprint density at radius 1 is 1.11 bits per heavy atom. The number of ether oxygens (including phenoxy) is 1. The molecule has 8 nitrogen and oxygen atoms in total. The molecule has 0 aliphatic rings. The van der Waals surface area contributed by atoms with E-state index in [-0.39, 0.29) is 12.5 Å². The lowest BCUT2D eigenvalue weighted by Crippen LogP contribution is -2.24. The molecular formula is C20H20N6O2. The summed E-state index contributed by atoms with van der Waals surface area (Å²) >= 11 is 0. The second kappa shape index (κ2) is 9.77. The molecule has 0 unspecified atom stereocenters. The van der Waals surface area contributed by atoms with Crippen LogP contribution in [0.2, 0.25) is 0 Å². The predicted molar refractivity (Wildman–Crippen MR) is 107 cm³/mol. The number of benzene rings is 2. The van der Waals surface area contributed by atoms with Crippen LogP contribution in [-0.4, -0.2) is 38.9 Å². The molecule has 1 N–H and O–H groups in total. The molecule has 0 atom stereocenters. The largest absolute Gasteiger partial charge is 0.494 e. The summed E-state index contributed by atoms with van der Waals surface area (Å²) in [6, 6.07) is 17.2. The van der Waals surface area contributed by atoms with Gasteiger partial charge in [0.05, 0.1) is 12.8 Å². The van der Waals surface area contributed by atoms with E-state index in [2.05, 4.69) is 25.9 Å². The lowest BCUT2D eigenvalue weighted by molar-refractivity contribution is -0.122. The van der Waals surface area contributed by atoms with E-state index in [1.54, 1.807) is 12.3 Å². The third-order valence-corrected chi connectivity index (χ3v) is 3.57. The Morgan fingerprint density at radius 3 is 2.64 bits per heavy atom. The number of nitrogens with zero attached hydrogens (tertiary/aromatic N) is 5. The van der Waals surface area contributed by atoms with Gasteiger partial charge in [-0.3, -0.25) is 4.79 Å². The van der Waals surface area contributed by atoms with Crippen LogP contribution in [0.25, 0.3) is 12.2 Å². The van der Waals surface area contributed by atoms with Crippen LogP contribution in [0, 0.1) is 0 Å². The van der Waals surface area contributed by atoms with Crippen LogP contribution in [0.1, 0.15) is 23.9 Å². The normalized spacial score (nSPS) is 11.2. The lowest BCUT2D eigenvalue weighted by Gasteiger charge is -2.02. The summed E-state index contributed by atoms with van der Waals surface area (Å²) < 4.78 is 5.37. The van der Waals surface area contributed by atoms with Crippen molar-refractivity contribution in [2.75, 3.05) is 6.61 Å². The molecule has 0 aliphatic heterocycles. The number of rotatable bonds is 8. The van der Waals surface area contributed by atoms with Gasteiger partial charge in [0.1, 0.15) is 12.3 Å². The van der Waals surface area contributed by atoms with Gasteiger partial charge in [0.15, 0.2) is 5.82 Å². The van der Waals surface area contributed by atoms with Gasteiger partial charge in [-0.25, -0.2) is 5.43 Å². The van der Waals surface area contributed by atoms with Crippen LogP contribution in [0.5, 0.6) is 5.75 Å². The number of amides is 1. The first-order valence-corrected chi connectivity index (χ1v) is 8.78. The molecule has 0 bridgehead atoms. The Kier molecular flexibility index (Phi) is 6.62. The average Bonchev–Trinajstić information content (AvgIpc) is 3.16. The molecule has 0 radical (unpaired) electrons. The Labute approximate surface area is 162 Å². The molecule has 3 rings (SSSR count). The molecule has 0 spiro atoms. The summed E-state index contributed by atoms with van der Waals surface area (Å²) in [7, 11) is 0. The zero-order chi connectivity index (χ0) is 19.6. The van der Waals surface area contributed by atoms with E-state index in [9.17, 15) is 4.79 Å². The number of carbonyl (C=O) groups is 1. The minimum absolute atomic E-state index is 0.0766. The van der Waals surface area contributed by atoms with E-state index in [4.69, 9.17) is 4.74 Å². The summed E-state index contributed by atoms with van der Waals surface area (Å²) in [4.78, 5) is 13.2. The molecular weight excluding hydrogens is 356 g/mol. The van der Waals surface area contributed by atoms with E-state index < -0.39 is 0 Å². The van der Waals surface area contributed by atoms with Crippen molar-refractivity contribution < 1.29 is 9.53 Å². The minimum Gasteiger partial charge on any atom is -0.494 e. The van der Waals surface area contributed by atoms with Gasteiger partial charge in [-0.05, 0) is 53.6 Å². The van der Waals surface area contributed by atoms with Crippen molar-refractivity contribution in [1.29, 1.82) is 0 Å². The molecule has 2 aromatic carbocycles. The molecule has 1 aromatic heterocycles. The maximum absolute atomic E-state index is 11.9. The van der Waals surface area contributed by atoms with Crippen LogP contribution in [-0.2, 0) is 11.3 Å². The maximum atomic E-state index is 11.9. The van der Waals surface area contributed by atoms with Gasteiger partial charge < -0.3 is 4.74 Å². The van der Waals surface area contributed by atoms with Crippen LogP contribution in [0.15, 0.2) is 59.7 Å². The first-order valence-electron chi connectivity index (χ1n) is 8.78. The number of hydrazone groups is 1. The number of hydrogen-bond donors (Lipinski definition) is 1.